The topological polar surface area (TPSA) is 0 Å². The molecule has 0 aromatic heterocycles. The molecule has 0 fully saturated rings. The Morgan fingerprint density at radius 3 is 1.33 bits per heavy atom. The molecule has 0 aromatic carbocycles. The number of rotatable bonds is 1. The van der Waals surface area contributed by atoms with Gasteiger partial charge in [0.25, 0.3) is 0 Å². The average molecular weight is 479 g/mol. The van der Waals surface area contributed by atoms with Crippen LogP contribution in [0.5, 0.6) is 0 Å². The van der Waals surface area contributed by atoms with E-state index in [0.717, 1.165) is 0 Å². The number of halogens is 6. The fourth-order valence-electron chi connectivity index (χ4n) is 1.03. The van der Waals surface area contributed by atoms with Gasteiger partial charge in [0.2, 0.25) is 0 Å². The van der Waals surface area contributed by atoms with Crippen molar-refractivity contribution in [2.75, 3.05) is 0 Å². The molecule has 0 aliphatic heterocycles. The van der Waals surface area contributed by atoms with Crippen molar-refractivity contribution in [1.82, 2.24) is 0 Å². The van der Waals surface area contributed by atoms with Gasteiger partial charge >= 0.3 is 105 Å². The second kappa shape index (κ2) is 3.39. The molecule has 0 saturated heterocycles. The molecule has 18 heavy (non-hydrogen) atoms. The molecular formula is C10H20F6RhSb-. The van der Waals surface area contributed by atoms with Gasteiger partial charge in [-0.2, -0.15) is 0 Å². The minimum absolute atomic E-state index is 1.19. The van der Waals surface area contributed by atoms with Crippen molar-refractivity contribution in [3.63, 3.8) is 0 Å². The molecule has 0 bridgehead atoms. The third-order valence-electron chi connectivity index (χ3n) is 1.78. The van der Waals surface area contributed by atoms with Crippen LogP contribution in [0.2, 0.25) is 27.6 Å². The second-order valence-electron chi connectivity index (χ2n) is 6.34. The molecule has 1 aliphatic rings. The summed E-state index contributed by atoms with van der Waals surface area (Å²) in [5.74, 6) is 0. The molecule has 0 heterocycles. The normalized spacial score (nSPS) is 23.8. The molecular weight excluding hydrogens is 459 g/mol. The van der Waals surface area contributed by atoms with Crippen molar-refractivity contribution >= 4 is 19.5 Å². The first kappa shape index (κ1) is 18.5. The Labute approximate surface area is 105 Å². The molecule has 117 valence electrons. The van der Waals surface area contributed by atoms with Crippen molar-refractivity contribution < 1.29 is 29.3 Å². The van der Waals surface area contributed by atoms with Crippen molar-refractivity contribution in [1.29, 1.82) is 0 Å². The van der Waals surface area contributed by atoms with Gasteiger partial charge in [0.1, 0.15) is 0 Å². The van der Waals surface area contributed by atoms with Crippen LogP contribution in [0.1, 0.15) is 6.42 Å². The second-order valence-corrected chi connectivity index (χ2v) is 33.3. The molecule has 0 saturated carbocycles. The molecule has 1 aliphatic carbocycles. The van der Waals surface area contributed by atoms with Crippen molar-refractivity contribution in [2.24, 2.45) is 0 Å². The zero-order valence-corrected chi connectivity index (χ0v) is 15.2. The molecule has 1 rings (SSSR count). The predicted molar refractivity (Wildman–Crippen MR) is 63.6 cm³/mol. The van der Waals surface area contributed by atoms with Crippen LogP contribution in [0, 0.1) is 0 Å². The summed E-state index contributed by atoms with van der Waals surface area (Å²) in [6.45, 7) is 0. The monoisotopic (exact) mass is 478 g/mol. The van der Waals surface area contributed by atoms with Crippen LogP contribution >= 0.6 is 0 Å². The Balaban J connectivity index is 0.000000360. The van der Waals surface area contributed by atoms with E-state index in [0.29, 0.717) is 0 Å². The fraction of sp³-hybridized carbons (Fsp3) is 0.600. The number of hydrogen-bond donors (Lipinski definition) is 0. The van der Waals surface area contributed by atoms with Crippen LogP contribution in [0.25, 0.3) is 0 Å². The van der Waals surface area contributed by atoms with Crippen LogP contribution in [0.15, 0.2) is 22.4 Å². The van der Waals surface area contributed by atoms with Gasteiger partial charge in [-0.15, -0.1) is 0 Å². The first-order chi connectivity index (χ1) is 7.04. The molecule has 0 atom stereocenters. The van der Waals surface area contributed by atoms with E-state index in [9.17, 15) is 16.9 Å². The van der Waals surface area contributed by atoms with Crippen LogP contribution in [-0.4, -0.2) is 19.5 Å². The molecule has 0 aromatic rings. The molecule has 0 amide bonds. The summed E-state index contributed by atoms with van der Waals surface area (Å²) < 4.78 is 61.2. The van der Waals surface area contributed by atoms with Gasteiger partial charge in [0.05, 0.1) is 0 Å². The van der Waals surface area contributed by atoms with Crippen LogP contribution in [-0.2, 0) is 12.4 Å². The third kappa shape index (κ3) is 12.9. The van der Waals surface area contributed by atoms with E-state index < -0.39 is 31.9 Å². The van der Waals surface area contributed by atoms with Gasteiger partial charge in [-0.1, -0.05) is 0 Å². The number of hydrogen-bond acceptors (Lipinski definition) is 0. The predicted octanol–water partition coefficient (Wildman–Crippen LogP) is 6.44. The van der Waals surface area contributed by atoms with Gasteiger partial charge < -0.3 is 0 Å². The maximum absolute atomic E-state index is 11.2. The molecule has 0 spiro atoms. The van der Waals surface area contributed by atoms with Crippen LogP contribution in [0.3, 0.4) is 0 Å². The Kier molecular flexibility index (Phi) is 3.48. The van der Waals surface area contributed by atoms with Gasteiger partial charge in [-0.3, -0.25) is 0 Å². The number of allylic oxidation sites excluding steroid dienone is 4. The summed E-state index contributed by atoms with van der Waals surface area (Å²) in [7, 11) is 0. The van der Waals surface area contributed by atoms with E-state index >= 15 is 0 Å². The Morgan fingerprint density at radius 1 is 0.889 bits per heavy atom. The first-order valence-corrected chi connectivity index (χ1v) is 19.4. The fourth-order valence-corrected chi connectivity index (χ4v) is 4.42. The Morgan fingerprint density at radius 2 is 1.22 bits per heavy atom. The van der Waals surface area contributed by atoms with E-state index in [1.165, 1.54) is 6.42 Å². The third-order valence-corrected chi connectivity index (χ3v) is 7.65. The quantitative estimate of drug-likeness (QED) is 0.301. The van der Waals surface area contributed by atoms with Crippen molar-refractivity contribution in [2.45, 2.75) is 34.0 Å². The zero-order chi connectivity index (χ0) is 15.2. The van der Waals surface area contributed by atoms with E-state index in [4.69, 9.17) is 0 Å². The van der Waals surface area contributed by atoms with E-state index in [1.807, 2.05) is 0 Å². The Hall–Kier alpha value is 0.502. The minimum atomic E-state index is -11.2. The molecule has 0 nitrogen and oxygen atoms in total. The summed E-state index contributed by atoms with van der Waals surface area (Å²) in [5, 5.41) is 0. The summed E-state index contributed by atoms with van der Waals surface area (Å²) in [4.78, 5) is 0. The maximum atomic E-state index is 9.93. The van der Waals surface area contributed by atoms with Gasteiger partial charge in [0, 0.05) is 0 Å². The molecule has 0 N–H and O–H groups in total. The van der Waals surface area contributed by atoms with Crippen molar-refractivity contribution in [3.8, 4) is 0 Å². The van der Waals surface area contributed by atoms with Crippen LogP contribution in [0.4, 0.5) is 16.9 Å². The Bertz CT molecular complexity index is 393. The van der Waals surface area contributed by atoms with Crippen LogP contribution < -0.4 is 0 Å². The summed E-state index contributed by atoms with van der Waals surface area (Å²) in [6, 6.07) is 0. The van der Waals surface area contributed by atoms with Crippen molar-refractivity contribution in [3.05, 3.63) is 22.4 Å². The van der Waals surface area contributed by atoms with Gasteiger partial charge in [-0.25, -0.2) is 0 Å². The molecule has 8 heteroatoms. The molecule has 0 radical (unpaired) electrons. The summed E-state index contributed by atoms with van der Waals surface area (Å²) in [5.41, 5.74) is 12.3. The van der Waals surface area contributed by atoms with E-state index in [1.54, 1.807) is 4.17 Å². The first-order valence-electron chi connectivity index (χ1n) is 4.56. The summed E-state index contributed by atoms with van der Waals surface area (Å²) in [6.07, 6.45) is 7.96. The standard InChI is InChI=1S/C5H5.5CH3.6FH.Rh.Sb/c1-2-4-5-3-1;;;;;;;;;;;;;/h1-3H,4H2;5*1H3;6*1H;;/q;;;;;;;;;;;;;+5/p-6. The summed E-state index contributed by atoms with van der Waals surface area (Å²) >= 11 is -13.6. The van der Waals surface area contributed by atoms with Gasteiger partial charge in [0.15, 0.2) is 0 Å². The average Bonchev–Trinajstić information content (AvgIpc) is 2.18. The zero-order valence-electron chi connectivity index (χ0n) is 11.0. The van der Waals surface area contributed by atoms with E-state index in [2.05, 4.69) is 45.8 Å². The van der Waals surface area contributed by atoms with Gasteiger partial charge in [-0.05, 0) is 0 Å². The van der Waals surface area contributed by atoms with E-state index in [-0.39, 0.29) is 0 Å². The molecule has 0 unspecified atom stereocenters. The SMILES string of the molecule is [CH3][Rh]([CH3])([CH3])([CH3])([CH3])[C]1=CC=CC1.[F][Sb-]([F])([F])([F])([F])[F].